The highest BCUT2D eigenvalue weighted by atomic mass is 35.5. The minimum absolute atomic E-state index is 0. The van der Waals surface area contributed by atoms with Crippen molar-refractivity contribution >= 4 is 18.3 Å². The van der Waals surface area contributed by atoms with Crippen LogP contribution in [0.3, 0.4) is 0 Å². The second-order valence-corrected chi connectivity index (χ2v) is 5.97. The van der Waals surface area contributed by atoms with Crippen LogP contribution in [0.5, 0.6) is 0 Å². The highest BCUT2D eigenvalue weighted by Crippen LogP contribution is 2.26. The molecule has 1 saturated heterocycles. The summed E-state index contributed by atoms with van der Waals surface area (Å²) >= 11 is 0. The van der Waals surface area contributed by atoms with Crippen molar-refractivity contribution in [1.82, 2.24) is 10.2 Å². The minimum Gasteiger partial charge on any atom is -0.342 e. The van der Waals surface area contributed by atoms with Crippen LogP contribution in [0.4, 0.5) is 0 Å². The number of amides is 1. The van der Waals surface area contributed by atoms with E-state index in [-0.39, 0.29) is 12.4 Å². The van der Waals surface area contributed by atoms with Gasteiger partial charge in [0.2, 0.25) is 5.91 Å². The number of rotatable bonds is 2. The zero-order chi connectivity index (χ0) is 12.8. The first-order chi connectivity index (χ1) is 8.79. The fraction of sp³-hybridized carbons (Fsp3) is 0.933. The van der Waals surface area contributed by atoms with E-state index in [2.05, 4.69) is 10.2 Å². The number of carbonyl (C=O) groups is 1. The van der Waals surface area contributed by atoms with E-state index in [9.17, 15) is 4.79 Å². The molecule has 2 rings (SSSR count). The molecule has 112 valence electrons. The normalized spacial score (nSPS) is 25.8. The zero-order valence-electron chi connectivity index (χ0n) is 12.2. The Bertz CT molecular complexity index is 257. The van der Waals surface area contributed by atoms with Gasteiger partial charge in [0.25, 0.3) is 0 Å². The van der Waals surface area contributed by atoms with Crippen LogP contribution < -0.4 is 5.32 Å². The van der Waals surface area contributed by atoms with Crippen molar-refractivity contribution in [3.63, 3.8) is 0 Å². The zero-order valence-corrected chi connectivity index (χ0v) is 13.0. The Morgan fingerprint density at radius 1 is 0.947 bits per heavy atom. The van der Waals surface area contributed by atoms with Crippen molar-refractivity contribution in [2.45, 2.75) is 63.8 Å². The molecule has 0 aromatic carbocycles. The fourth-order valence-electron chi connectivity index (χ4n) is 3.38. The molecule has 1 heterocycles. The van der Waals surface area contributed by atoms with Crippen LogP contribution in [0.15, 0.2) is 0 Å². The lowest BCUT2D eigenvalue weighted by atomic mass is 9.97. The molecule has 0 radical (unpaired) electrons. The molecule has 2 aliphatic rings. The van der Waals surface area contributed by atoms with Crippen LogP contribution >= 0.6 is 12.4 Å². The lowest BCUT2D eigenvalue weighted by Crippen LogP contribution is -2.41. The summed E-state index contributed by atoms with van der Waals surface area (Å²) < 4.78 is 0. The largest absolute Gasteiger partial charge is 0.342 e. The van der Waals surface area contributed by atoms with Gasteiger partial charge < -0.3 is 10.2 Å². The summed E-state index contributed by atoms with van der Waals surface area (Å²) in [5.74, 6) is 0.734. The highest BCUT2D eigenvalue weighted by Gasteiger charge is 2.27. The standard InChI is InChI=1S/C15H28N2O.ClH/c1-17(14-9-6-11-16-12-10-14)15(18)13-7-4-2-3-5-8-13;/h13-14,16H,2-12H2,1H3;1H. The van der Waals surface area contributed by atoms with Crippen molar-refractivity contribution in [2.75, 3.05) is 20.1 Å². The smallest absolute Gasteiger partial charge is 0.225 e. The number of nitrogens with zero attached hydrogens (tertiary/aromatic N) is 1. The van der Waals surface area contributed by atoms with Gasteiger partial charge in [-0.05, 0) is 45.2 Å². The molecular formula is C15H29ClN2O. The van der Waals surface area contributed by atoms with Crippen LogP contribution in [0.1, 0.15) is 57.8 Å². The van der Waals surface area contributed by atoms with Crippen LogP contribution in [0.25, 0.3) is 0 Å². The second-order valence-electron chi connectivity index (χ2n) is 5.97. The molecule has 2 fully saturated rings. The predicted molar refractivity (Wildman–Crippen MR) is 81.7 cm³/mol. The lowest BCUT2D eigenvalue weighted by molar-refractivity contribution is -0.137. The summed E-state index contributed by atoms with van der Waals surface area (Å²) in [6.45, 7) is 2.18. The molecular weight excluding hydrogens is 260 g/mol. The maximum atomic E-state index is 12.6. The van der Waals surface area contributed by atoms with Gasteiger partial charge in [0.05, 0.1) is 0 Å². The summed E-state index contributed by atoms with van der Waals surface area (Å²) in [6.07, 6.45) is 10.9. The third-order valence-electron chi connectivity index (χ3n) is 4.65. The molecule has 1 atom stereocenters. The molecule has 0 bridgehead atoms. The van der Waals surface area contributed by atoms with Crippen molar-refractivity contribution < 1.29 is 4.79 Å². The van der Waals surface area contributed by atoms with Gasteiger partial charge in [0, 0.05) is 19.0 Å². The fourth-order valence-corrected chi connectivity index (χ4v) is 3.38. The van der Waals surface area contributed by atoms with Gasteiger partial charge in [-0.2, -0.15) is 0 Å². The lowest BCUT2D eigenvalue weighted by Gasteiger charge is -2.30. The quantitative estimate of drug-likeness (QED) is 0.792. The van der Waals surface area contributed by atoms with E-state index in [1.165, 1.54) is 38.5 Å². The van der Waals surface area contributed by atoms with E-state index in [1.54, 1.807) is 0 Å². The number of carbonyl (C=O) groups excluding carboxylic acids is 1. The van der Waals surface area contributed by atoms with Crippen LogP contribution in [-0.4, -0.2) is 37.0 Å². The van der Waals surface area contributed by atoms with Crippen molar-refractivity contribution in [3.8, 4) is 0 Å². The Kier molecular flexibility index (Phi) is 7.77. The third kappa shape index (κ3) is 4.96. The Hall–Kier alpha value is -0.280. The summed E-state index contributed by atoms with van der Waals surface area (Å²) in [6, 6.07) is 0.468. The van der Waals surface area contributed by atoms with Gasteiger partial charge in [-0.3, -0.25) is 4.79 Å². The minimum atomic E-state index is 0. The first-order valence-corrected chi connectivity index (χ1v) is 7.76. The van der Waals surface area contributed by atoms with Gasteiger partial charge in [-0.25, -0.2) is 0 Å². The molecule has 3 nitrogen and oxygen atoms in total. The van der Waals surface area contributed by atoms with Crippen molar-refractivity contribution in [2.24, 2.45) is 5.92 Å². The first-order valence-electron chi connectivity index (χ1n) is 7.76. The van der Waals surface area contributed by atoms with Gasteiger partial charge >= 0.3 is 0 Å². The summed E-state index contributed by atoms with van der Waals surface area (Å²) in [5, 5.41) is 3.42. The number of hydrogen-bond donors (Lipinski definition) is 1. The molecule has 19 heavy (non-hydrogen) atoms. The van der Waals surface area contributed by atoms with Crippen LogP contribution in [0, 0.1) is 5.92 Å². The Labute approximate surface area is 123 Å². The van der Waals surface area contributed by atoms with E-state index < -0.39 is 0 Å². The van der Waals surface area contributed by atoms with Gasteiger partial charge in [-0.15, -0.1) is 12.4 Å². The third-order valence-corrected chi connectivity index (χ3v) is 4.65. The molecule has 1 aliphatic heterocycles. The average Bonchev–Trinajstić information content (AvgIpc) is 2.81. The first kappa shape index (κ1) is 16.8. The van der Waals surface area contributed by atoms with Gasteiger partial charge in [-0.1, -0.05) is 25.7 Å². The van der Waals surface area contributed by atoms with Crippen LogP contribution in [0.2, 0.25) is 0 Å². The number of hydrogen-bond acceptors (Lipinski definition) is 2. The molecule has 1 aliphatic carbocycles. The number of halogens is 1. The molecule has 0 aromatic heterocycles. The van der Waals surface area contributed by atoms with E-state index >= 15 is 0 Å². The molecule has 1 amide bonds. The molecule has 0 aromatic rings. The van der Waals surface area contributed by atoms with E-state index in [1.807, 2.05) is 7.05 Å². The SMILES string of the molecule is CN(C(=O)C1CCCCCC1)C1CCCNCC1.Cl. The van der Waals surface area contributed by atoms with Crippen molar-refractivity contribution in [3.05, 3.63) is 0 Å². The Morgan fingerprint density at radius 2 is 1.63 bits per heavy atom. The molecule has 0 spiro atoms. The molecule has 1 N–H and O–H groups in total. The van der Waals surface area contributed by atoms with Gasteiger partial charge in [0.1, 0.15) is 0 Å². The maximum absolute atomic E-state index is 12.6. The van der Waals surface area contributed by atoms with E-state index in [4.69, 9.17) is 0 Å². The Morgan fingerprint density at radius 3 is 2.32 bits per heavy atom. The number of nitrogens with one attached hydrogen (secondary N) is 1. The van der Waals surface area contributed by atoms with E-state index in [0.29, 0.717) is 17.9 Å². The highest BCUT2D eigenvalue weighted by molar-refractivity contribution is 5.85. The Balaban J connectivity index is 0.00000180. The molecule has 4 heteroatoms. The second kappa shape index (κ2) is 8.80. The van der Waals surface area contributed by atoms with E-state index in [0.717, 1.165) is 32.4 Å². The monoisotopic (exact) mass is 288 g/mol. The maximum Gasteiger partial charge on any atom is 0.225 e. The summed E-state index contributed by atoms with van der Waals surface area (Å²) in [4.78, 5) is 14.6. The topological polar surface area (TPSA) is 32.3 Å². The summed E-state index contributed by atoms with van der Waals surface area (Å²) in [5.41, 5.74) is 0. The molecule has 1 unspecified atom stereocenters. The average molecular weight is 289 g/mol. The summed E-state index contributed by atoms with van der Waals surface area (Å²) in [7, 11) is 2.03. The van der Waals surface area contributed by atoms with Crippen molar-refractivity contribution in [1.29, 1.82) is 0 Å². The van der Waals surface area contributed by atoms with Gasteiger partial charge in [0.15, 0.2) is 0 Å². The predicted octanol–water partition coefficient (Wildman–Crippen LogP) is 2.98. The molecule has 1 saturated carbocycles. The van der Waals surface area contributed by atoms with Crippen LogP contribution in [-0.2, 0) is 4.79 Å².